The van der Waals surface area contributed by atoms with Gasteiger partial charge in [0.2, 0.25) is 0 Å². The monoisotopic (exact) mass is 852 g/mol. The van der Waals surface area contributed by atoms with Gasteiger partial charge in [0.15, 0.2) is 0 Å². The summed E-state index contributed by atoms with van der Waals surface area (Å²) in [5.41, 5.74) is 8.12. The summed E-state index contributed by atoms with van der Waals surface area (Å²) < 4.78 is 19.1. The molecule has 0 aliphatic rings. The Morgan fingerprint density at radius 1 is 0.650 bits per heavy atom. The van der Waals surface area contributed by atoms with Crippen LogP contribution in [0, 0.1) is 13.8 Å². The molecule has 0 fully saturated rings. The van der Waals surface area contributed by atoms with Crippen molar-refractivity contribution in [3.05, 3.63) is 152 Å². The van der Waals surface area contributed by atoms with Crippen LogP contribution in [0.1, 0.15) is 88.3 Å². The number of hydrogen-bond acceptors (Lipinski definition) is 9. The first kappa shape index (κ1) is 45.3. The van der Waals surface area contributed by atoms with E-state index in [1.807, 2.05) is 110 Å². The maximum Gasteiger partial charge on any atom is 0.341 e. The Kier molecular flexibility index (Phi) is 15.8. The molecule has 13 heteroatoms. The van der Waals surface area contributed by atoms with E-state index in [1.165, 1.54) is 14.2 Å². The van der Waals surface area contributed by atoms with Gasteiger partial charge in [-0.1, -0.05) is 67.4 Å². The first-order valence-corrected chi connectivity index (χ1v) is 20.2. The highest BCUT2D eigenvalue weighted by atomic mass is 35.5. The van der Waals surface area contributed by atoms with Crippen LogP contribution >= 0.6 is 23.2 Å². The van der Waals surface area contributed by atoms with Gasteiger partial charge in [0.1, 0.15) is 28.6 Å². The molecule has 2 heterocycles. The standard InChI is InChI=1S/C24H25ClN2O4.C23H25ClN2O3/c1-15-12-20(27(26-15)19-7-5-6-18(25)14-19)9-11-22(28)16(2)17-8-10-21(24(29)31-4)23(13-17)30-3;1-15-11-21(26(25-15)20-6-4-5-19(24)13-20)9-10-22(28)16(2)17-7-8-18(14-27)23(12-17)29-3/h5-8,10,12-14,16H,9,11H2,1-4H3;4-8,11-13,16,27H,9-10,14H2,1-3H3. The lowest BCUT2D eigenvalue weighted by molar-refractivity contribution is -0.120. The maximum atomic E-state index is 12.9. The molecular formula is C47H50Cl2N4O7. The van der Waals surface area contributed by atoms with E-state index in [9.17, 15) is 19.5 Å². The van der Waals surface area contributed by atoms with Crippen molar-refractivity contribution >= 4 is 40.7 Å². The fourth-order valence-corrected chi connectivity index (χ4v) is 7.22. The second kappa shape index (κ2) is 21.0. The Morgan fingerprint density at radius 3 is 1.55 bits per heavy atom. The van der Waals surface area contributed by atoms with Gasteiger partial charge in [0.25, 0.3) is 0 Å². The van der Waals surface area contributed by atoms with Crippen LogP contribution in [-0.2, 0) is 33.8 Å². The Hall–Kier alpha value is -5.75. The average molecular weight is 854 g/mol. The van der Waals surface area contributed by atoms with E-state index < -0.39 is 5.97 Å². The number of carbonyl (C=O) groups excluding carboxylic acids is 3. The number of benzene rings is 4. The summed E-state index contributed by atoms with van der Waals surface area (Å²) in [5, 5.41) is 19.7. The normalized spacial score (nSPS) is 11.9. The predicted molar refractivity (Wildman–Crippen MR) is 233 cm³/mol. The molecule has 0 bridgehead atoms. The molecule has 60 heavy (non-hydrogen) atoms. The lowest BCUT2D eigenvalue weighted by Gasteiger charge is -2.14. The van der Waals surface area contributed by atoms with E-state index in [2.05, 4.69) is 10.2 Å². The van der Waals surface area contributed by atoms with E-state index >= 15 is 0 Å². The SMILES string of the molecule is COC(=O)c1ccc(C(C)C(=O)CCc2cc(C)nn2-c2cccc(Cl)c2)cc1OC.COc1cc(C(C)C(=O)CCc2cc(C)nn2-c2cccc(Cl)c2)ccc1CO. The Bertz CT molecular complexity index is 2460. The zero-order valence-corrected chi connectivity index (χ0v) is 36.4. The van der Waals surface area contributed by atoms with Gasteiger partial charge in [0, 0.05) is 51.7 Å². The van der Waals surface area contributed by atoms with Gasteiger partial charge < -0.3 is 19.3 Å². The summed E-state index contributed by atoms with van der Waals surface area (Å²) in [7, 11) is 4.36. The number of esters is 1. The minimum absolute atomic E-state index is 0.0874. The average Bonchev–Trinajstić information content (AvgIpc) is 3.84. The van der Waals surface area contributed by atoms with Crippen LogP contribution in [-0.4, -0.2) is 63.5 Å². The quantitative estimate of drug-likeness (QED) is 0.0945. The van der Waals surface area contributed by atoms with Crippen molar-refractivity contribution < 1.29 is 33.7 Å². The topological polar surface area (TPSA) is 135 Å². The van der Waals surface area contributed by atoms with Crippen LogP contribution in [0.4, 0.5) is 0 Å². The summed E-state index contributed by atoms with van der Waals surface area (Å²) in [6.07, 6.45) is 1.89. The van der Waals surface area contributed by atoms with E-state index in [-0.39, 0.29) is 30.0 Å². The molecule has 0 radical (unpaired) electrons. The molecular weight excluding hydrogens is 803 g/mol. The third-order valence-corrected chi connectivity index (χ3v) is 10.7. The van der Waals surface area contributed by atoms with Gasteiger partial charge in [-0.05, 0) is 105 Å². The van der Waals surface area contributed by atoms with Gasteiger partial charge in [-0.2, -0.15) is 10.2 Å². The molecule has 2 aromatic heterocycles. The molecule has 0 saturated carbocycles. The van der Waals surface area contributed by atoms with Gasteiger partial charge >= 0.3 is 5.97 Å². The number of Topliss-reactive ketones (excluding diaryl/α,β-unsaturated/α-hetero) is 2. The number of nitrogens with zero attached hydrogens (tertiary/aromatic N) is 4. The maximum absolute atomic E-state index is 12.9. The molecule has 314 valence electrons. The van der Waals surface area contributed by atoms with Crippen LogP contribution in [0.2, 0.25) is 10.0 Å². The highest BCUT2D eigenvalue weighted by Gasteiger charge is 2.21. The number of rotatable bonds is 16. The number of methoxy groups -OCH3 is 3. The number of carbonyl (C=O) groups is 3. The first-order chi connectivity index (χ1) is 28.8. The number of aromatic nitrogens is 4. The summed E-state index contributed by atoms with van der Waals surface area (Å²) in [4.78, 5) is 37.6. The zero-order valence-electron chi connectivity index (χ0n) is 34.9. The molecule has 0 spiro atoms. The third-order valence-electron chi connectivity index (χ3n) is 10.2. The van der Waals surface area contributed by atoms with E-state index in [4.69, 9.17) is 37.4 Å². The Morgan fingerprint density at radius 2 is 1.12 bits per heavy atom. The van der Waals surface area contributed by atoms with Gasteiger partial charge in [-0.15, -0.1) is 0 Å². The molecule has 11 nitrogen and oxygen atoms in total. The minimum Gasteiger partial charge on any atom is -0.496 e. The van der Waals surface area contributed by atoms with Crippen molar-refractivity contribution in [1.29, 1.82) is 0 Å². The molecule has 1 N–H and O–H groups in total. The number of hydrogen-bond donors (Lipinski definition) is 1. The fraction of sp³-hybridized carbons (Fsp3) is 0.298. The van der Waals surface area contributed by atoms with Crippen molar-refractivity contribution in [1.82, 2.24) is 19.6 Å². The Balaban J connectivity index is 0.000000228. The molecule has 2 atom stereocenters. The molecule has 0 amide bonds. The molecule has 0 aliphatic heterocycles. The molecule has 0 aliphatic carbocycles. The van der Waals surface area contributed by atoms with Crippen LogP contribution in [0.15, 0.2) is 97.1 Å². The molecule has 0 saturated heterocycles. The van der Waals surface area contributed by atoms with E-state index in [0.29, 0.717) is 58.4 Å². The van der Waals surface area contributed by atoms with Crippen molar-refractivity contribution in [3.8, 4) is 22.9 Å². The minimum atomic E-state index is -0.480. The number of aliphatic hydroxyl groups is 1. The summed E-state index contributed by atoms with van der Waals surface area (Å²) in [6.45, 7) is 7.51. The fourth-order valence-electron chi connectivity index (χ4n) is 6.85. The number of ketones is 2. The second-order valence-corrected chi connectivity index (χ2v) is 15.3. The van der Waals surface area contributed by atoms with Crippen LogP contribution in [0.5, 0.6) is 11.5 Å². The number of ether oxygens (including phenoxy) is 3. The number of aliphatic hydroxyl groups excluding tert-OH is 1. The zero-order chi connectivity index (χ0) is 43.5. The predicted octanol–water partition coefficient (Wildman–Crippen LogP) is 9.58. The van der Waals surface area contributed by atoms with Gasteiger partial charge in [-0.3, -0.25) is 9.59 Å². The lowest BCUT2D eigenvalue weighted by Crippen LogP contribution is -2.13. The van der Waals surface area contributed by atoms with Crippen molar-refractivity contribution in [2.75, 3.05) is 21.3 Å². The summed E-state index contributed by atoms with van der Waals surface area (Å²) >= 11 is 12.2. The second-order valence-electron chi connectivity index (χ2n) is 14.4. The highest BCUT2D eigenvalue weighted by Crippen LogP contribution is 2.29. The van der Waals surface area contributed by atoms with E-state index in [1.54, 1.807) is 31.4 Å². The molecule has 6 rings (SSSR count). The molecule has 2 unspecified atom stereocenters. The third kappa shape index (κ3) is 11.3. The van der Waals surface area contributed by atoms with Crippen LogP contribution in [0.3, 0.4) is 0 Å². The van der Waals surface area contributed by atoms with Gasteiger partial charge in [0.05, 0.1) is 50.7 Å². The summed E-state index contributed by atoms with van der Waals surface area (Å²) in [6, 6.07) is 29.6. The largest absolute Gasteiger partial charge is 0.496 e. The van der Waals surface area contributed by atoms with Crippen molar-refractivity contribution in [2.24, 2.45) is 0 Å². The molecule has 6 aromatic rings. The smallest absolute Gasteiger partial charge is 0.341 e. The van der Waals surface area contributed by atoms with Crippen molar-refractivity contribution in [2.45, 2.75) is 71.8 Å². The number of halogens is 2. The molecule has 4 aromatic carbocycles. The van der Waals surface area contributed by atoms with E-state index in [0.717, 1.165) is 45.3 Å². The Labute approximate surface area is 360 Å². The lowest BCUT2D eigenvalue weighted by atomic mass is 9.92. The summed E-state index contributed by atoms with van der Waals surface area (Å²) in [5.74, 6) is 0.124. The van der Waals surface area contributed by atoms with Gasteiger partial charge in [-0.25, -0.2) is 14.2 Å². The van der Waals surface area contributed by atoms with Crippen LogP contribution < -0.4 is 9.47 Å². The first-order valence-electron chi connectivity index (χ1n) is 19.5. The van der Waals surface area contributed by atoms with Crippen molar-refractivity contribution in [3.63, 3.8) is 0 Å². The van der Waals surface area contributed by atoms with Crippen LogP contribution in [0.25, 0.3) is 11.4 Å². The number of aryl methyl sites for hydroxylation is 4. The highest BCUT2D eigenvalue weighted by molar-refractivity contribution is 6.31.